The number of aliphatic hydroxyl groups is 1. The van der Waals surface area contributed by atoms with Crippen LogP contribution in [0.15, 0.2) is 0 Å². The van der Waals surface area contributed by atoms with Crippen molar-refractivity contribution in [2.45, 2.75) is 77.2 Å². The van der Waals surface area contributed by atoms with Gasteiger partial charge in [-0.15, -0.1) is 0 Å². The van der Waals surface area contributed by atoms with Crippen molar-refractivity contribution in [3.8, 4) is 0 Å². The van der Waals surface area contributed by atoms with E-state index in [9.17, 15) is 9.90 Å². The Morgan fingerprint density at radius 2 is 1.52 bits per heavy atom. The molecule has 2 heteroatoms. The van der Waals surface area contributed by atoms with Gasteiger partial charge in [0.05, 0.1) is 5.60 Å². The molecule has 9 atom stereocenters. The van der Waals surface area contributed by atoms with Crippen molar-refractivity contribution in [1.82, 2.24) is 0 Å². The summed E-state index contributed by atoms with van der Waals surface area (Å²) in [5, 5.41) is 10.5. The van der Waals surface area contributed by atoms with E-state index in [1.165, 1.54) is 38.5 Å². The molecule has 5 aliphatic carbocycles. The Hall–Kier alpha value is -0.370. The molecule has 0 aliphatic heterocycles. The van der Waals surface area contributed by atoms with Gasteiger partial charge in [0.2, 0.25) is 0 Å². The Morgan fingerprint density at radius 3 is 2.22 bits per heavy atom. The van der Waals surface area contributed by atoms with Crippen LogP contribution in [0.2, 0.25) is 0 Å². The van der Waals surface area contributed by atoms with Crippen LogP contribution in [0, 0.1) is 46.8 Å². The lowest BCUT2D eigenvalue weighted by Gasteiger charge is -2.55. The van der Waals surface area contributed by atoms with Gasteiger partial charge in [-0.25, -0.2) is 0 Å². The minimum absolute atomic E-state index is 0.246. The van der Waals surface area contributed by atoms with E-state index in [2.05, 4.69) is 6.92 Å². The zero-order chi connectivity index (χ0) is 16.0. The SMILES string of the molecule is CC(=O)C1CCC2C3CCC4C(CCC5(O)CC45)C3CCC12C. The van der Waals surface area contributed by atoms with Crippen molar-refractivity contribution in [3.63, 3.8) is 0 Å². The molecule has 0 aromatic heterocycles. The second kappa shape index (κ2) is 4.62. The normalized spacial score (nSPS) is 60.2. The summed E-state index contributed by atoms with van der Waals surface area (Å²) >= 11 is 0. The summed E-state index contributed by atoms with van der Waals surface area (Å²) in [4.78, 5) is 12.2. The smallest absolute Gasteiger partial charge is 0.133 e. The van der Waals surface area contributed by atoms with Crippen molar-refractivity contribution < 1.29 is 9.90 Å². The summed E-state index contributed by atoms with van der Waals surface area (Å²) in [6.07, 6.45) is 11.3. The quantitative estimate of drug-likeness (QED) is 0.787. The van der Waals surface area contributed by atoms with Gasteiger partial charge in [0, 0.05) is 5.92 Å². The number of hydrogen-bond donors (Lipinski definition) is 1. The predicted molar refractivity (Wildman–Crippen MR) is 89.7 cm³/mol. The third kappa shape index (κ3) is 1.88. The van der Waals surface area contributed by atoms with Gasteiger partial charge in [0.1, 0.15) is 5.78 Å². The first-order chi connectivity index (χ1) is 10.9. The molecule has 5 saturated carbocycles. The van der Waals surface area contributed by atoms with Crippen LogP contribution in [0.5, 0.6) is 0 Å². The summed E-state index contributed by atoms with van der Waals surface area (Å²) in [5.74, 6) is 5.73. The molecular formula is C21H32O2. The summed E-state index contributed by atoms with van der Waals surface area (Å²) in [7, 11) is 0. The minimum atomic E-state index is -0.246. The molecule has 5 fully saturated rings. The zero-order valence-corrected chi connectivity index (χ0v) is 14.8. The van der Waals surface area contributed by atoms with Crippen LogP contribution in [0.1, 0.15) is 71.6 Å². The number of rotatable bonds is 1. The Balaban J connectivity index is 1.41. The largest absolute Gasteiger partial charge is 0.390 e. The molecule has 0 bridgehead atoms. The number of carbonyl (C=O) groups is 1. The first kappa shape index (κ1) is 14.9. The lowest BCUT2D eigenvalue weighted by molar-refractivity contribution is -0.128. The molecule has 0 saturated heterocycles. The van der Waals surface area contributed by atoms with E-state index in [4.69, 9.17) is 0 Å². The van der Waals surface area contributed by atoms with E-state index < -0.39 is 0 Å². The van der Waals surface area contributed by atoms with Crippen LogP contribution in [0.4, 0.5) is 0 Å². The third-order valence-corrected chi connectivity index (χ3v) is 9.45. The fourth-order valence-electron chi connectivity index (χ4n) is 8.35. The van der Waals surface area contributed by atoms with Crippen LogP contribution in [-0.2, 0) is 4.79 Å². The number of Topliss-reactive ketones (excluding diaryl/α,β-unsaturated/α-hetero) is 1. The molecular weight excluding hydrogens is 284 g/mol. The van der Waals surface area contributed by atoms with Gasteiger partial charge in [-0.1, -0.05) is 6.92 Å². The second-order valence-electron chi connectivity index (χ2n) is 10.1. The fraction of sp³-hybridized carbons (Fsp3) is 0.952. The lowest BCUT2D eigenvalue weighted by atomic mass is 9.49. The molecule has 0 aromatic rings. The van der Waals surface area contributed by atoms with Gasteiger partial charge in [0.15, 0.2) is 0 Å². The number of hydrogen-bond acceptors (Lipinski definition) is 2. The third-order valence-electron chi connectivity index (χ3n) is 9.45. The summed E-state index contributed by atoms with van der Waals surface area (Å²) in [6.45, 7) is 4.27. The molecule has 0 aromatic carbocycles. The van der Waals surface area contributed by atoms with Crippen LogP contribution >= 0.6 is 0 Å². The van der Waals surface area contributed by atoms with Crippen molar-refractivity contribution in [2.75, 3.05) is 0 Å². The molecule has 128 valence electrons. The topological polar surface area (TPSA) is 37.3 Å². The van der Waals surface area contributed by atoms with E-state index in [1.54, 1.807) is 0 Å². The molecule has 0 radical (unpaired) electrons. The van der Waals surface area contributed by atoms with Crippen LogP contribution in [0.25, 0.3) is 0 Å². The van der Waals surface area contributed by atoms with E-state index >= 15 is 0 Å². The first-order valence-corrected chi connectivity index (χ1v) is 10.2. The summed E-state index contributed by atoms with van der Waals surface area (Å²) < 4.78 is 0. The fourth-order valence-corrected chi connectivity index (χ4v) is 8.35. The van der Waals surface area contributed by atoms with Gasteiger partial charge >= 0.3 is 0 Å². The molecule has 5 aliphatic rings. The van der Waals surface area contributed by atoms with Crippen LogP contribution in [-0.4, -0.2) is 16.5 Å². The minimum Gasteiger partial charge on any atom is -0.390 e. The maximum atomic E-state index is 12.2. The Morgan fingerprint density at radius 1 is 0.870 bits per heavy atom. The summed E-state index contributed by atoms with van der Waals surface area (Å²) in [5.41, 5.74) is 0.0547. The highest BCUT2D eigenvalue weighted by Gasteiger charge is 2.65. The summed E-state index contributed by atoms with van der Waals surface area (Å²) in [6, 6.07) is 0. The van der Waals surface area contributed by atoms with Crippen LogP contribution in [0.3, 0.4) is 0 Å². The lowest BCUT2D eigenvalue weighted by Crippen LogP contribution is -2.50. The zero-order valence-electron chi connectivity index (χ0n) is 14.8. The van der Waals surface area contributed by atoms with Gasteiger partial charge < -0.3 is 5.11 Å². The highest BCUT2D eigenvalue weighted by Crippen LogP contribution is 2.68. The molecule has 0 amide bonds. The average Bonchev–Trinajstić information content (AvgIpc) is 3.08. The van der Waals surface area contributed by atoms with Crippen molar-refractivity contribution in [3.05, 3.63) is 0 Å². The Kier molecular flexibility index (Phi) is 3.00. The molecule has 9 unspecified atom stereocenters. The van der Waals surface area contributed by atoms with Crippen molar-refractivity contribution >= 4 is 5.78 Å². The maximum absolute atomic E-state index is 12.2. The monoisotopic (exact) mass is 316 g/mol. The average molecular weight is 316 g/mol. The highest BCUT2D eigenvalue weighted by atomic mass is 16.3. The predicted octanol–water partition coefficient (Wildman–Crippen LogP) is 4.21. The van der Waals surface area contributed by atoms with E-state index in [-0.39, 0.29) is 5.60 Å². The second-order valence-corrected chi connectivity index (χ2v) is 10.1. The van der Waals surface area contributed by atoms with E-state index in [0.29, 0.717) is 23.0 Å². The first-order valence-electron chi connectivity index (χ1n) is 10.2. The van der Waals surface area contributed by atoms with Gasteiger partial charge in [0.25, 0.3) is 0 Å². The number of carbonyl (C=O) groups excluding carboxylic acids is 1. The standard InChI is InChI=1S/C21H32O2/c1-12(22)17-5-6-18-15-3-4-16-14(8-10-21(23)11-19(16)21)13(15)7-9-20(17,18)2/h13-19,23H,3-11H2,1-2H3. The van der Waals surface area contributed by atoms with Crippen molar-refractivity contribution in [2.24, 2.45) is 46.8 Å². The van der Waals surface area contributed by atoms with E-state index in [0.717, 1.165) is 48.9 Å². The Labute approximate surface area is 140 Å². The molecule has 23 heavy (non-hydrogen) atoms. The molecule has 0 heterocycles. The Bertz CT molecular complexity index is 542. The van der Waals surface area contributed by atoms with Crippen molar-refractivity contribution in [1.29, 1.82) is 0 Å². The number of fused-ring (bicyclic) bond motifs is 7. The number of ketones is 1. The highest BCUT2D eigenvalue weighted by molar-refractivity contribution is 5.79. The maximum Gasteiger partial charge on any atom is 0.133 e. The molecule has 1 N–H and O–H groups in total. The van der Waals surface area contributed by atoms with Gasteiger partial charge in [-0.05, 0) is 106 Å². The van der Waals surface area contributed by atoms with Gasteiger partial charge in [-0.3, -0.25) is 4.79 Å². The molecule has 0 spiro atoms. The van der Waals surface area contributed by atoms with Gasteiger partial charge in [-0.2, -0.15) is 0 Å². The molecule has 2 nitrogen and oxygen atoms in total. The van der Waals surface area contributed by atoms with E-state index in [1.807, 2.05) is 6.92 Å². The van der Waals surface area contributed by atoms with Crippen LogP contribution < -0.4 is 0 Å². The molecule has 5 rings (SSSR count).